The number of rotatable bonds is 4. The smallest absolute Gasteiger partial charge is 0.293 e. The average Bonchev–Trinajstić information content (AvgIpc) is 3.68. The van der Waals surface area contributed by atoms with Gasteiger partial charge < -0.3 is 24.9 Å². The number of nitrogens with one attached hydrogen (secondary N) is 3. The van der Waals surface area contributed by atoms with Crippen LogP contribution >= 0.6 is 0 Å². The van der Waals surface area contributed by atoms with Crippen LogP contribution in [-0.2, 0) is 22.6 Å². The molecule has 3 amide bonds. The SMILES string of the molecule is C[C@H]1NC(=O)c2cc(ccc2F)CCCNC(=O)CN(Cc2noc(-c3ccco3)n2)C[C@H](c2ccccc2)NC1=O. The second-order valence-electron chi connectivity index (χ2n) is 10.1. The third-order valence-electron chi connectivity index (χ3n) is 6.87. The first kappa shape index (κ1) is 28.7. The van der Waals surface area contributed by atoms with Crippen LogP contribution in [0.4, 0.5) is 4.39 Å². The van der Waals surface area contributed by atoms with Gasteiger partial charge in [0.25, 0.3) is 11.8 Å². The molecule has 1 aliphatic rings. The molecule has 0 radical (unpaired) electrons. The van der Waals surface area contributed by atoms with E-state index in [0.29, 0.717) is 31.0 Å². The first-order chi connectivity index (χ1) is 20.4. The third kappa shape index (κ3) is 7.26. The van der Waals surface area contributed by atoms with E-state index >= 15 is 0 Å². The molecule has 2 aromatic carbocycles. The molecule has 2 aromatic heterocycles. The second-order valence-corrected chi connectivity index (χ2v) is 10.1. The molecule has 3 N–H and O–H groups in total. The highest BCUT2D eigenvalue weighted by Gasteiger charge is 2.26. The molecule has 42 heavy (non-hydrogen) atoms. The van der Waals surface area contributed by atoms with E-state index < -0.39 is 29.7 Å². The maximum atomic E-state index is 14.5. The number of fused-ring (bicyclic) bond motifs is 2. The first-order valence-corrected chi connectivity index (χ1v) is 13.7. The highest BCUT2D eigenvalue weighted by molar-refractivity contribution is 5.97. The maximum Gasteiger partial charge on any atom is 0.293 e. The van der Waals surface area contributed by atoms with Crippen LogP contribution in [0.25, 0.3) is 11.7 Å². The van der Waals surface area contributed by atoms with Crippen molar-refractivity contribution in [1.29, 1.82) is 0 Å². The van der Waals surface area contributed by atoms with Gasteiger partial charge in [0.2, 0.25) is 11.8 Å². The topological polar surface area (TPSA) is 143 Å². The Kier molecular flexibility index (Phi) is 9.02. The third-order valence-corrected chi connectivity index (χ3v) is 6.87. The minimum absolute atomic E-state index is 0.00316. The quantitative estimate of drug-likeness (QED) is 0.338. The lowest BCUT2D eigenvalue weighted by Gasteiger charge is -2.28. The highest BCUT2D eigenvalue weighted by Crippen LogP contribution is 2.20. The lowest BCUT2D eigenvalue weighted by molar-refractivity contribution is -0.123. The van der Waals surface area contributed by atoms with Crippen molar-refractivity contribution in [2.24, 2.45) is 0 Å². The number of furan rings is 1. The van der Waals surface area contributed by atoms with E-state index in [1.807, 2.05) is 35.2 Å². The molecular formula is C30H31FN6O5. The van der Waals surface area contributed by atoms with E-state index in [9.17, 15) is 18.8 Å². The van der Waals surface area contributed by atoms with Gasteiger partial charge in [-0.05, 0) is 55.2 Å². The monoisotopic (exact) mass is 574 g/mol. The fourth-order valence-corrected chi connectivity index (χ4v) is 4.70. The van der Waals surface area contributed by atoms with E-state index in [0.717, 1.165) is 11.1 Å². The molecule has 218 valence electrons. The van der Waals surface area contributed by atoms with Gasteiger partial charge >= 0.3 is 0 Å². The molecule has 4 aromatic rings. The zero-order chi connectivity index (χ0) is 29.5. The summed E-state index contributed by atoms with van der Waals surface area (Å²) in [6.45, 7) is 2.27. The number of benzene rings is 2. The standard InChI is InChI=1S/C30H31FN6O5/c1-19-28(39)34-24(21-8-3-2-4-9-21)16-37(17-26-35-30(42-36-26)25-10-6-14-41-25)18-27(38)32-13-5-7-20-11-12-23(31)22(15-20)29(40)33-19/h2-4,6,8-12,14-15,19,24H,5,7,13,16-18H2,1H3,(H,32,38)(H,33,40)(H,34,39)/t19-,24-/m1/s1. The molecule has 0 saturated heterocycles. The van der Waals surface area contributed by atoms with Crippen molar-refractivity contribution in [3.8, 4) is 11.7 Å². The summed E-state index contributed by atoms with van der Waals surface area (Å²) in [6, 6.07) is 15.5. The summed E-state index contributed by atoms with van der Waals surface area (Å²) >= 11 is 0. The van der Waals surface area contributed by atoms with Gasteiger partial charge in [0.05, 0.1) is 31.0 Å². The van der Waals surface area contributed by atoms with Crippen molar-refractivity contribution in [1.82, 2.24) is 31.0 Å². The predicted octanol–water partition coefficient (Wildman–Crippen LogP) is 3.01. The molecule has 0 aliphatic carbocycles. The fraction of sp³-hybridized carbons (Fsp3) is 0.300. The van der Waals surface area contributed by atoms with Gasteiger partial charge in [0.15, 0.2) is 11.6 Å². The Labute approximate surface area is 241 Å². The van der Waals surface area contributed by atoms with E-state index in [1.165, 1.54) is 25.3 Å². The van der Waals surface area contributed by atoms with Crippen LogP contribution in [-0.4, -0.2) is 58.4 Å². The van der Waals surface area contributed by atoms with Crippen molar-refractivity contribution < 1.29 is 27.7 Å². The molecule has 2 atom stereocenters. The van der Waals surface area contributed by atoms with Gasteiger partial charge in [-0.2, -0.15) is 4.98 Å². The first-order valence-electron chi connectivity index (χ1n) is 13.7. The number of hydrogen-bond donors (Lipinski definition) is 3. The Morgan fingerprint density at radius 2 is 1.88 bits per heavy atom. The van der Waals surface area contributed by atoms with Crippen LogP contribution in [0.2, 0.25) is 0 Å². The summed E-state index contributed by atoms with van der Waals surface area (Å²) < 4.78 is 25.2. The molecule has 3 heterocycles. The van der Waals surface area contributed by atoms with Crippen molar-refractivity contribution in [2.45, 2.75) is 38.4 Å². The number of halogens is 1. The van der Waals surface area contributed by atoms with Gasteiger partial charge in [0.1, 0.15) is 11.9 Å². The Morgan fingerprint density at radius 3 is 2.67 bits per heavy atom. The van der Waals surface area contributed by atoms with Gasteiger partial charge in [-0.25, -0.2) is 4.39 Å². The molecule has 0 spiro atoms. The zero-order valence-electron chi connectivity index (χ0n) is 23.0. The Balaban J connectivity index is 1.42. The summed E-state index contributed by atoms with van der Waals surface area (Å²) in [5.74, 6) is -1.09. The van der Waals surface area contributed by atoms with Gasteiger partial charge in [-0.15, -0.1) is 0 Å². The lowest BCUT2D eigenvalue weighted by atomic mass is 10.0. The Morgan fingerprint density at radius 1 is 1.05 bits per heavy atom. The van der Waals surface area contributed by atoms with E-state index in [-0.39, 0.29) is 37.0 Å². The van der Waals surface area contributed by atoms with Crippen molar-refractivity contribution in [2.75, 3.05) is 19.6 Å². The largest absolute Gasteiger partial charge is 0.459 e. The molecule has 0 fully saturated rings. The average molecular weight is 575 g/mol. The fourth-order valence-electron chi connectivity index (χ4n) is 4.70. The van der Waals surface area contributed by atoms with Crippen LogP contribution in [0.15, 0.2) is 75.9 Å². The Bertz CT molecular complexity index is 1520. The highest BCUT2D eigenvalue weighted by atomic mass is 19.1. The molecule has 12 heteroatoms. The van der Waals surface area contributed by atoms with E-state index in [2.05, 4.69) is 26.1 Å². The van der Waals surface area contributed by atoms with Crippen molar-refractivity contribution in [3.05, 3.63) is 95.3 Å². The molecule has 5 rings (SSSR count). The number of carbonyl (C=O) groups is 3. The molecule has 1 aliphatic heterocycles. The summed E-state index contributed by atoms with van der Waals surface area (Å²) in [5, 5.41) is 12.6. The summed E-state index contributed by atoms with van der Waals surface area (Å²) in [4.78, 5) is 45.4. The normalized spacial score (nSPS) is 19.4. The van der Waals surface area contributed by atoms with Gasteiger partial charge in [0, 0.05) is 13.1 Å². The Hall–Kier alpha value is -4.84. The molecule has 11 nitrogen and oxygen atoms in total. The van der Waals surface area contributed by atoms with Crippen molar-refractivity contribution >= 4 is 17.7 Å². The number of aryl methyl sites for hydroxylation is 1. The van der Waals surface area contributed by atoms with Crippen LogP contribution in [0.1, 0.15) is 46.7 Å². The number of amides is 3. The second kappa shape index (κ2) is 13.2. The maximum absolute atomic E-state index is 14.5. The molecular weight excluding hydrogens is 543 g/mol. The van der Waals surface area contributed by atoms with Crippen LogP contribution < -0.4 is 16.0 Å². The van der Waals surface area contributed by atoms with Crippen LogP contribution in [0.3, 0.4) is 0 Å². The number of carbonyl (C=O) groups excluding carboxylic acids is 3. The minimum atomic E-state index is -0.965. The number of nitrogens with zero attached hydrogens (tertiary/aromatic N) is 3. The van der Waals surface area contributed by atoms with Gasteiger partial charge in [-0.3, -0.25) is 19.3 Å². The molecule has 2 bridgehead atoms. The molecule has 0 unspecified atom stereocenters. The molecule has 0 saturated carbocycles. The van der Waals surface area contributed by atoms with E-state index in [1.54, 1.807) is 18.2 Å². The predicted molar refractivity (Wildman–Crippen MR) is 149 cm³/mol. The lowest BCUT2D eigenvalue weighted by Crippen LogP contribution is -2.48. The zero-order valence-corrected chi connectivity index (χ0v) is 23.0. The summed E-state index contributed by atoms with van der Waals surface area (Å²) in [7, 11) is 0. The van der Waals surface area contributed by atoms with E-state index in [4.69, 9.17) is 8.94 Å². The minimum Gasteiger partial charge on any atom is -0.459 e. The number of aromatic nitrogens is 2. The summed E-state index contributed by atoms with van der Waals surface area (Å²) in [5.41, 5.74) is 1.39. The number of hydrogen-bond acceptors (Lipinski definition) is 8. The van der Waals surface area contributed by atoms with Crippen molar-refractivity contribution in [3.63, 3.8) is 0 Å². The van der Waals surface area contributed by atoms with Crippen LogP contribution in [0.5, 0.6) is 0 Å². The van der Waals surface area contributed by atoms with Crippen LogP contribution in [0, 0.1) is 5.82 Å². The van der Waals surface area contributed by atoms with Gasteiger partial charge in [-0.1, -0.05) is 41.6 Å². The summed E-state index contributed by atoms with van der Waals surface area (Å²) in [6.07, 6.45) is 2.61.